The molecule has 0 fully saturated rings. The van der Waals surface area contributed by atoms with Crippen molar-refractivity contribution in [3.63, 3.8) is 0 Å². The van der Waals surface area contributed by atoms with Crippen molar-refractivity contribution in [2.75, 3.05) is 19.0 Å². The van der Waals surface area contributed by atoms with Crippen LogP contribution >= 0.6 is 0 Å². The quantitative estimate of drug-likeness (QED) is 0.760. The van der Waals surface area contributed by atoms with E-state index in [1.165, 1.54) is 7.11 Å². The first-order valence-electron chi connectivity index (χ1n) is 4.68. The lowest BCUT2D eigenvalue weighted by Gasteiger charge is -2.04. The largest absolute Gasteiger partial charge is 0.468 e. The third-order valence-electron chi connectivity index (χ3n) is 1.97. The van der Waals surface area contributed by atoms with Gasteiger partial charge in [0.25, 0.3) is 0 Å². The monoisotopic (exact) mass is 218 g/mol. The molecule has 2 aromatic rings. The number of pyridine rings is 1. The van der Waals surface area contributed by atoms with Crippen LogP contribution in [0.15, 0.2) is 24.5 Å². The molecule has 0 aliphatic rings. The number of hydrogen-bond acceptors (Lipinski definition) is 6. The molecule has 2 rings (SSSR count). The van der Waals surface area contributed by atoms with Crippen molar-refractivity contribution in [1.82, 2.24) is 15.0 Å². The van der Waals surface area contributed by atoms with Crippen molar-refractivity contribution in [2.45, 2.75) is 0 Å². The van der Waals surface area contributed by atoms with Crippen LogP contribution in [0.2, 0.25) is 0 Å². The lowest BCUT2D eigenvalue weighted by atomic mass is 10.4. The minimum absolute atomic E-state index is 0.0786. The molecule has 2 aromatic heterocycles. The first-order valence-corrected chi connectivity index (χ1v) is 4.68. The average molecular weight is 218 g/mol. The van der Waals surface area contributed by atoms with Gasteiger partial charge < -0.3 is 10.1 Å². The molecule has 0 spiro atoms. The van der Waals surface area contributed by atoms with E-state index in [1.807, 2.05) is 0 Å². The van der Waals surface area contributed by atoms with Gasteiger partial charge in [-0.15, -0.1) is 0 Å². The van der Waals surface area contributed by atoms with Gasteiger partial charge in [0.1, 0.15) is 17.9 Å². The van der Waals surface area contributed by atoms with Gasteiger partial charge in [-0.1, -0.05) is 0 Å². The fraction of sp³-hybridized carbons (Fsp3) is 0.200. The third kappa shape index (κ3) is 2.22. The number of hydrogen-bond donors (Lipinski definition) is 1. The van der Waals surface area contributed by atoms with Crippen LogP contribution in [0.3, 0.4) is 0 Å². The normalized spacial score (nSPS) is 10.1. The molecule has 0 atom stereocenters. The smallest absolute Gasteiger partial charge is 0.325 e. The SMILES string of the molecule is COC(=O)CNc1ccc2nccnc2n1. The topological polar surface area (TPSA) is 77.0 Å². The average Bonchev–Trinajstić information content (AvgIpc) is 2.35. The summed E-state index contributed by atoms with van der Waals surface area (Å²) in [6.07, 6.45) is 3.17. The number of methoxy groups -OCH3 is 1. The Balaban J connectivity index is 2.16. The molecule has 0 amide bonds. The molecule has 0 unspecified atom stereocenters. The van der Waals surface area contributed by atoms with E-state index in [1.54, 1.807) is 24.5 Å². The highest BCUT2D eigenvalue weighted by Crippen LogP contribution is 2.09. The highest BCUT2D eigenvalue weighted by Gasteiger charge is 2.02. The van der Waals surface area contributed by atoms with Crippen LogP contribution in [-0.2, 0) is 9.53 Å². The van der Waals surface area contributed by atoms with Crippen LogP contribution in [0, 0.1) is 0 Å². The number of fused-ring (bicyclic) bond motifs is 1. The van der Waals surface area contributed by atoms with E-state index in [2.05, 4.69) is 25.0 Å². The maximum atomic E-state index is 10.9. The summed E-state index contributed by atoms with van der Waals surface area (Å²) in [7, 11) is 1.34. The number of carbonyl (C=O) groups excluding carboxylic acids is 1. The van der Waals surface area contributed by atoms with Crippen LogP contribution in [0.25, 0.3) is 11.2 Å². The summed E-state index contributed by atoms with van der Waals surface area (Å²) in [6.45, 7) is 0.0786. The second kappa shape index (κ2) is 4.52. The molecule has 0 saturated carbocycles. The van der Waals surface area contributed by atoms with Gasteiger partial charge in [0, 0.05) is 12.4 Å². The minimum Gasteiger partial charge on any atom is -0.468 e. The second-order valence-corrected chi connectivity index (χ2v) is 3.03. The standard InChI is InChI=1S/C10H10N4O2/c1-16-9(15)6-13-8-3-2-7-10(14-8)12-5-4-11-7/h2-5H,6H2,1H3,(H,12,13,14). The fourth-order valence-electron chi connectivity index (χ4n) is 1.19. The molecular formula is C10H10N4O2. The Bertz CT molecular complexity index is 515. The molecule has 6 nitrogen and oxygen atoms in total. The third-order valence-corrected chi connectivity index (χ3v) is 1.97. The minimum atomic E-state index is -0.346. The van der Waals surface area contributed by atoms with Crippen molar-refractivity contribution in [2.24, 2.45) is 0 Å². The Labute approximate surface area is 91.7 Å². The fourth-order valence-corrected chi connectivity index (χ4v) is 1.19. The molecule has 2 heterocycles. The van der Waals surface area contributed by atoms with Crippen LogP contribution in [-0.4, -0.2) is 34.6 Å². The number of nitrogens with zero attached hydrogens (tertiary/aromatic N) is 3. The van der Waals surface area contributed by atoms with Gasteiger partial charge in [0.15, 0.2) is 5.65 Å². The number of ether oxygens (including phenoxy) is 1. The maximum absolute atomic E-state index is 10.9. The molecule has 0 aliphatic heterocycles. The van der Waals surface area contributed by atoms with Crippen molar-refractivity contribution in [3.8, 4) is 0 Å². The van der Waals surface area contributed by atoms with E-state index in [9.17, 15) is 4.79 Å². The molecule has 6 heteroatoms. The van der Waals surface area contributed by atoms with Crippen LogP contribution in [0.5, 0.6) is 0 Å². The van der Waals surface area contributed by atoms with Gasteiger partial charge in [0.2, 0.25) is 0 Å². The van der Waals surface area contributed by atoms with E-state index < -0.39 is 0 Å². The summed E-state index contributed by atoms with van der Waals surface area (Å²) in [6, 6.07) is 3.52. The van der Waals surface area contributed by atoms with Gasteiger partial charge in [-0.3, -0.25) is 9.78 Å². The Morgan fingerprint density at radius 3 is 3.00 bits per heavy atom. The lowest BCUT2D eigenvalue weighted by molar-refractivity contribution is -0.138. The zero-order valence-electron chi connectivity index (χ0n) is 8.67. The van der Waals surface area contributed by atoms with E-state index in [4.69, 9.17) is 0 Å². The van der Waals surface area contributed by atoms with Gasteiger partial charge in [-0.25, -0.2) is 9.97 Å². The Kier molecular flexibility index (Phi) is 2.90. The van der Waals surface area contributed by atoms with Gasteiger partial charge >= 0.3 is 5.97 Å². The number of aromatic nitrogens is 3. The second-order valence-electron chi connectivity index (χ2n) is 3.03. The molecular weight excluding hydrogens is 208 g/mol. The highest BCUT2D eigenvalue weighted by atomic mass is 16.5. The van der Waals surface area contributed by atoms with E-state index in [0.29, 0.717) is 17.0 Å². The van der Waals surface area contributed by atoms with Crippen LogP contribution in [0.1, 0.15) is 0 Å². The van der Waals surface area contributed by atoms with E-state index >= 15 is 0 Å². The first kappa shape index (κ1) is 10.3. The summed E-state index contributed by atoms with van der Waals surface area (Å²) in [4.78, 5) is 23.2. The van der Waals surface area contributed by atoms with Gasteiger partial charge in [-0.2, -0.15) is 0 Å². The summed E-state index contributed by atoms with van der Waals surface area (Å²) in [5.74, 6) is 0.222. The summed E-state index contributed by atoms with van der Waals surface area (Å²) in [5.41, 5.74) is 1.25. The Hall–Kier alpha value is -2.24. The van der Waals surface area contributed by atoms with Gasteiger partial charge in [0.05, 0.1) is 7.11 Å². The van der Waals surface area contributed by atoms with Crippen LogP contribution in [0.4, 0.5) is 5.82 Å². The Morgan fingerprint density at radius 2 is 2.19 bits per heavy atom. The highest BCUT2D eigenvalue weighted by molar-refractivity contribution is 5.76. The van der Waals surface area contributed by atoms with Crippen molar-refractivity contribution in [3.05, 3.63) is 24.5 Å². The number of carbonyl (C=O) groups is 1. The van der Waals surface area contributed by atoms with Crippen molar-refractivity contribution >= 4 is 23.0 Å². The zero-order valence-corrected chi connectivity index (χ0v) is 8.67. The zero-order chi connectivity index (χ0) is 11.4. The van der Waals surface area contributed by atoms with Crippen molar-refractivity contribution in [1.29, 1.82) is 0 Å². The maximum Gasteiger partial charge on any atom is 0.325 e. The van der Waals surface area contributed by atoms with Crippen LogP contribution < -0.4 is 5.32 Å². The van der Waals surface area contributed by atoms with E-state index in [-0.39, 0.29) is 12.5 Å². The predicted molar refractivity (Wildman–Crippen MR) is 57.8 cm³/mol. The molecule has 0 bridgehead atoms. The molecule has 1 N–H and O–H groups in total. The molecule has 16 heavy (non-hydrogen) atoms. The number of rotatable bonds is 3. The summed E-state index contributed by atoms with van der Waals surface area (Å²) < 4.78 is 4.50. The number of nitrogens with one attached hydrogen (secondary N) is 1. The number of anilines is 1. The molecule has 0 radical (unpaired) electrons. The van der Waals surface area contributed by atoms with Gasteiger partial charge in [-0.05, 0) is 12.1 Å². The van der Waals surface area contributed by atoms with E-state index in [0.717, 1.165) is 0 Å². The predicted octanol–water partition coefficient (Wildman–Crippen LogP) is 0.610. The first-order chi connectivity index (χ1) is 7.79. The number of esters is 1. The molecule has 0 aromatic carbocycles. The molecule has 0 saturated heterocycles. The Morgan fingerprint density at radius 1 is 1.38 bits per heavy atom. The van der Waals surface area contributed by atoms with Crippen molar-refractivity contribution < 1.29 is 9.53 Å². The molecule has 0 aliphatic carbocycles. The summed E-state index contributed by atoms with van der Waals surface area (Å²) >= 11 is 0. The lowest BCUT2D eigenvalue weighted by Crippen LogP contribution is -2.15. The summed E-state index contributed by atoms with van der Waals surface area (Å²) in [5, 5.41) is 2.83. The molecule has 82 valence electrons.